The van der Waals surface area contributed by atoms with Crippen molar-refractivity contribution >= 4 is 29.4 Å². The Balaban J connectivity index is 1.52. The molecule has 0 aromatic carbocycles. The van der Waals surface area contributed by atoms with E-state index in [9.17, 15) is 4.79 Å². The van der Waals surface area contributed by atoms with Crippen LogP contribution in [-0.4, -0.2) is 70.4 Å². The van der Waals surface area contributed by atoms with Crippen molar-refractivity contribution in [1.29, 1.82) is 0 Å². The Hall–Kier alpha value is 0.130. The summed E-state index contributed by atoms with van der Waals surface area (Å²) >= 11 is 3.97. The Morgan fingerprint density at radius 3 is 2.59 bits per heavy atom. The molecular weight excluding hydrogens is 312 g/mol. The highest BCUT2D eigenvalue weighted by Gasteiger charge is 2.29. The van der Waals surface area contributed by atoms with Gasteiger partial charge in [0.15, 0.2) is 0 Å². The molecule has 126 valence electrons. The van der Waals surface area contributed by atoms with Gasteiger partial charge in [-0.1, -0.05) is 12.8 Å². The van der Waals surface area contributed by atoms with Gasteiger partial charge >= 0.3 is 0 Å². The number of hydrogen-bond donors (Lipinski definition) is 0. The van der Waals surface area contributed by atoms with Gasteiger partial charge in [0.25, 0.3) is 0 Å². The van der Waals surface area contributed by atoms with Crippen LogP contribution in [0.3, 0.4) is 0 Å². The number of amides is 1. The molecule has 0 unspecified atom stereocenters. The summed E-state index contributed by atoms with van der Waals surface area (Å²) in [5, 5.41) is 0.752. The standard InChI is InChI=1S/C17H30N2OS2/c20-17(14-22-16-6-1-2-7-16)19-10-5-11-21-13-15(19)12-18-8-3-4-9-18/h15-16H,1-14H2/t15-/m1/s1. The van der Waals surface area contributed by atoms with Gasteiger partial charge in [0.05, 0.1) is 11.8 Å². The minimum atomic E-state index is 0.406. The Morgan fingerprint density at radius 2 is 1.82 bits per heavy atom. The predicted molar refractivity (Wildman–Crippen MR) is 97.8 cm³/mol. The second-order valence-corrected chi connectivity index (χ2v) is 9.33. The van der Waals surface area contributed by atoms with E-state index in [2.05, 4.69) is 9.80 Å². The molecule has 3 nitrogen and oxygen atoms in total. The summed E-state index contributed by atoms with van der Waals surface area (Å²) in [4.78, 5) is 17.6. The second kappa shape index (κ2) is 8.84. The van der Waals surface area contributed by atoms with Crippen LogP contribution in [0.15, 0.2) is 0 Å². The lowest BCUT2D eigenvalue weighted by molar-refractivity contribution is -0.130. The molecule has 2 aliphatic heterocycles. The minimum absolute atomic E-state index is 0.406. The van der Waals surface area contributed by atoms with E-state index >= 15 is 0 Å². The van der Waals surface area contributed by atoms with Crippen LogP contribution >= 0.6 is 23.5 Å². The minimum Gasteiger partial charge on any atom is -0.337 e. The zero-order chi connectivity index (χ0) is 15.2. The molecular formula is C17H30N2OS2. The van der Waals surface area contributed by atoms with Crippen LogP contribution in [0.25, 0.3) is 0 Å². The number of thioether (sulfide) groups is 2. The van der Waals surface area contributed by atoms with E-state index in [1.807, 2.05) is 23.5 Å². The first-order valence-electron chi connectivity index (χ1n) is 9.04. The predicted octanol–water partition coefficient (Wildman–Crippen LogP) is 3.09. The third-order valence-electron chi connectivity index (χ3n) is 5.17. The molecule has 0 aromatic heterocycles. The van der Waals surface area contributed by atoms with Crippen LogP contribution in [0.1, 0.15) is 44.9 Å². The maximum absolute atomic E-state index is 12.8. The van der Waals surface area contributed by atoms with Gasteiger partial charge < -0.3 is 9.80 Å². The van der Waals surface area contributed by atoms with E-state index in [0.29, 0.717) is 17.7 Å². The maximum Gasteiger partial charge on any atom is 0.232 e. The van der Waals surface area contributed by atoms with Gasteiger partial charge in [-0.3, -0.25) is 4.79 Å². The molecule has 0 bridgehead atoms. The van der Waals surface area contributed by atoms with E-state index < -0.39 is 0 Å². The lowest BCUT2D eigenvalue weighted by Crippen LogP contribution is -2.48. The molecule has 22 heavy (non-hydrogen) atoms. The fourth-order valence-corrected chi connectivity index (χ4v) is 6.17. The molecule has 5 heteroatoms. The van der Waals surface area contributed by atoms with E-state index in [0.717, 1.165) is 24.1 Å². The summed E-state index contributed by atoms with van der Waals surface area (Å²) in [6.45, 7) is 4.56. The Bertz CT molecular complexity index is 355. The van der Waals surface area contributed by atoms with Crippen LogP contribution in [-0.2, 0) is 4.79 Å². The monoisotopic (exact) mass is 342 g/mol. The molecule has 0 aromatic rings. The van der Waals surface area contributed by atoms with Crippen molar-refractivity contribution < 1.29 is 4.79 Å². The van der Waals surface area contributed by atoms with Crippen molar-refractivity contribution in [3.8, 4) is 0 Å². The molecule has 0 N–H and O–H groups in total. The molecule has 3 fully saturated rings. The third kappa shape index (κ3) is 4.81. The highest BCUT2D eigenvalue weighted by molar-refractivity contribution is 8.00. The fourth-order valence-electron chi connectivity index (χ4n) is 3.90. The van der Waals surface area contributed by atoms with Gasteiger partial charge in [-0.05, 0) is 50.9 Å². The van der Waals surface area contributed by atoms with E-state index in [4.69, 9.17) is 0 Å². The van der Waals surface area contributed by atoms with Crippen LogP contribution < -0.4 is 0 Å². The SMILES string of the molecule is O=C(CSC1CCCC1)N1CCCSC[C@H]1CN1CCCC1. The van der Waals surface area contributed by atoms with Gasteiger partial charge in [0.2, 0.25) is 5.91 Å². The summed E-state index contributed by atoms with van der Waals surface area (Å²) < 4.78 is 0. The number of hydrogen-bond acceptors (Lipinski definition) is 4. The van der Waals surface area contributed by atoms with Crippen molar-refractivity contribution in [2.45, 2.75) is 56.2 Å². The Morgan fingerprint density at radius 1 is 1.05 bits per heavy atom. The smallest absolute Gasteiger partial charge is 0.232 e. The number of rotatable bonds is 5. The van der Waals surface area contributed by atoms with E-state index in [-0.39, 0.29) is 0 Å². The van der Waals surface area contributed by atoms with Crippen molar-refractivity contribution in [3.05, 3.63) is 0 Å². The highest BCUT2D eigenvalue weighted by atomic mass is 32.2. The average Bonchev–Trinajstić information content (AvgIpc) is 3.16. The van der Waals surface area contributed by atoms with Gasteiger partial charge in [0, 0.05) is 24.1 Å². The topological polar surface area (TPSA) is 23.6 Å². The lowest BCUT2D eigenvalue weighted by Gasteiger charge is -2.33. The largest absolute Gasteiger partial charge is 0.337 e. The zero-order valence-electron chi connectivity index (χ0n) is 13.7. The van der Waals surface area contributed by atoms with Crippen molar-refractivity contribution in [2.75, 3.05) is 43.4 Å². The fraction of sp³-hybridized carbons (Fsp3) is 0.941. The molecule has 3 rings (SSSR count). The van der Waals surface area contributed by atoms with Crippen LogP contribution in [0.5, 0.6) is 0 Å². The molecule has 3 aliphatic rings. The molecule has 1 amide bonds. The second-order valence-electron chi connectivity index (χ2n) is 6.89. The maximum atomic E-state index is 12.8. The Kier molecular flexibility index (Phi) is 6.82. The van der Waals surface area contributed by atoms with Crippen LogP contribution in [0.2, 0.25) is 0 Å². The number of carbonyl (C=O) groups is 1. The quantitative estimate of drug-likeness (QED) is 0.766. The number of carbonyl (C=O) groups excluding carboxylic acids is 1. The van der Waals surface area contributed by atoms with Gasteiger partial charge in [-0.25, -0.2) is 0 Å². The summed E-state index contributed by atoms with van der Waals surface area (Å²) in [6.07, 6.45) is 9.22. The third-order valence-corrected chi connectivity index (χ3v) is 7.73. The summed E-state index contributed by atoms with van der Waals surface area (Å²) in [7, 11) is 0. The summed E-state index contributed by atoms with van der Waals surface area (Å²) in [5.41, 5.74) is 0. The number of nitrogens with zero attached hydrogens (tertiary/aromatic N) is 2. The molecule has 1 aliphatic carbocycles. The van der Waals surface area contributed by atoms with Crippen molar-refractivity contribution in [2.24, 2.45) is 0 Å². The Labute approximate surface area is 143 Å². The van der Waals surface area contributed by atoms with Crippen molar-refractivity contribution in [3.63, 3.8) is 0 Å². The lowest BCUT2D eigenvalue weighted by atomic mass is 10.2. The molecule has 2 heterocycles. The molecule has 2 saturated heterocycles. The molecule has 0 spiro atoms. The average molecular weight is 343 g/mol. The van der Waals surface area contributed by atoms with E-state index in [1.54, 1.807) is 0 Å². The molecule has 1 saturated carbocycles. The van der Waals surface area contributed by atoms with Crippen LogP contribution in [0.4, 0.5) is 0 Å². The van der Waals surface area contributed by atoms with Gasteiger partial charge in [-0.15, -0.1) is 11.8 Å². The normalized spacial score (nSPS) is 28.2. The van der Waals surface area contributed by atoms with Crippen LogP contribution in [0, 0.1) is 0 Å². The first-order valence-corrected chi connectivity index (χ1v) is 11.2. The van der Waals surface area contributed by atoms with Gasteiger partial charge in [0.1, 0.15) is 0 Å². The first kappa shape index (κ1) is 17.0. The molecule has 1 atom stereocenters. The first-order chi connectivity index (χ1) is 10.8. The van der Waals surface area contributed by atoms with Crippen molar-refractivity contribution in [1.82, 2.24) is 9.80 Å². The molecule has 0 radical (unpaired) electrons. The van der Waals surface area contributed by atoms with Gasteiger partial charge in [-0.2, -0.15) is 11.8 Å². The zero-order valence-corrected chi connectivity index (χ0v) is 15.3. The summed E-state index contributed by atoms with van der Waals surface area (Å²) in [5.74, 6) is 3.47. The summed E-state index contributed by atoms with van der Waals surface area (Å²) in [6, 6.07) is 0.447. The van der Waals surface area contributed by atoms with E-state index in [1.165, 1.54) is 63.8 Å². The highest BCUT2D eigenvalue weighted by Crippen LogP contribution is 2.30. The number of likely N-dealkylation sites (tertiary alicyclic amines) is 1.